The van der Waals surface area contributed by atoms with E-state index in [-0.39, 0.29) is 0 Å². The summed E-state index contributed by atoms with van der Waals surface area (Å²) in [5.41, 5.74) is 22.8. The molecule has 2 fully saturated rings. The van der Waals surface area contributed by atoms with Crippen LogP contribution in [-0.2, 0) is 45.6 Å². The molecule has 376 valence electrons. The van der Waals surface area contributed by atoms with Crippen LogP contribution in [0.5, 0.6) is 0 Å². The lowest BCUT2D eigenvalue weighted by atomic mass is 9.91. The molecule has 1 saturated carbocycles. The first-order valence-corrected chi connectivity index (χ1v) is 26.2. The molecule has 5 N–H and O–H groups in total. The average Bonchev–Trinajstić information content (AvgIpc) is 4.23. The number of nitrogens with one attached hydrogen (secondary N) is 3. The summed E-state index contributed by atoms with van der Waals surface area (Å²) in [5, 5.41) is 25.0. The molecule has 1 aliphatic carbocycles. The Morgan fingerprint density at radius 2 is 1.24 bits per heavy atom. The minimum atomic E-state index is 0.347. The van der Waals surface area contributed by atoms with Gasteiger partial charge in [-0.1, -0.05) is 38.5 Å². The molecule has 15 nitrogen and oxygen atoms in total. The highest BCUT2D eigenvalue weighted by atomic mass is 15.3. The third kappa shape index (κ3) is 10.0. The number of piperidine rings is 1. The molecule has 5 aromatic heterocycles. The summed E-state index contributed by atoms with van der Waals surface area (Å²) in [4.78, 5) is 13.6. The van der Waals surface area contributed by atoms with Crippen molar-refractivity contribution in [2.45, 2.75) is 125 Å². The van der Waals surface area contributed by atoms with Gasteiger partial charge in [0.1, 0.15) is 0 Å². The van der Waals surface area contributed by atoms with Crippen LogP contribution in [0.3, 0.4) is 0 Å². The second-order valence-corrected chi connectivity index (χ2v) is 20.5. The Morgan fingerprint density at radius 3 is 1.75 bits per heavy atom. The maximum Gasteiger partial charge on any atom is 0.208 e. The molecule has 0 radical (unpaired) electrons. The van der Waals surface area contributed by atoms with Gasteiger partial charge in [0.15, 0.2) is 0 Å². The van der Waals surface area contributed by atoms with Crippen LogP contribution in [0.15, 0.2) is 87.3 Å². The first-order chi connectivity index (χ1) is 34.8. The van der Waals surface area contributed by atoms with E-state index in [9.17, 15) is 0 Å². The van der Waals surface area contributed by atoms with Crippen LogP contribution in [-0.4, -0.2) is 79.0 Å². The van der Waals surface area contributed by atoms with Gasteiger partial charge in [-0.2, -0.15) is 15.3 Å². The molecule has 3 aliphatic rings. The van der Waals surface area contributed by atoms with Gasteiger partial charge in [-0.05, 0) is 162 Å². The molecule has 7 aromatic rings. The maximum absolute atomic E-state index is 6.52. The Labute approximate surface area is 424 Å². The monoisotopic (exact) mass is 968 g/mol. The van der Waals surface area contributed by atoms with E-state index in [4.69, 9.17) is 25.9 Å². The normalized spacial score (nSPS) is 18.8. The van der Waals surface area contributed by atoms with Crippen LogP contribution in [0.1, 0.15) is 103 Å². The van der Waals surface area contributed by atoms with Crippen molar-refractivity contribution in [2.75, 3.05) is 30.3 Å². The standard InChI is InChI=1S/C57H73N15/c1-10-71-52(25-37(4)65-71)41(8)61-56-63-50-30-47(39(6)58)28-45-17-19-49(67-34-43-15-16-44(27-43)35-67)20-18-46-29-48(40(7)59-21-14-22-68-33-36(3)32-60-68)31-51-55(46)70(24-13-12-23-69(56)54(45)50)57(64-51)62-42(9)53-26-38(5)66-72(53)11-2/h12-13,25-26,28-33,43-44,49,59H,6-11,14-24,27,34-35,58H2,1-5H3,(H,61,63)(H,62,64)/b13-12+. The summed E-state index contributed by atoms with van der Waals surface area (Å²) in [7, 11) is 0. The van der Waals surface area contributed by atoms with E-state index in [1.165, 1.54) is 36.0 Å². The van der Waals surface area contributed by atoms with Gasteiger partial charge in [-0.25, -0.2) is 9.97 Å². The fourth-order valence-corrected chi connectivity index (χ4v) is 11.7. The molecule has 7 heterocycles. The van der Waals surface area contributed by atoms with Gasteiger partial charge in [0.05, 0.1) is 62.4 Å². The van der Waals surface area contributed by atoms with Crippen LogP contribution in [0.25, 0.3) is 44.9 Å². The maximum atomic E-state index is 6.52. The second kappa shape index (κ2) is 20.5. The molecular weight excluding hydrogens is 895 g/mol. The van der Waals surface area contributed by atoms with Gasteiger partial charge in [-0.15, -0.1) is 0 Å². The molecule has 2 aliphatic heterocycles. The largest absolute Gasteiger partial charge is 0.399 e. The zero-order chi connectivity index (χ0) is 50.2. The number of hydrogen-bond donors (Lipinski definition) is 4. The molecule has 0 spiro atoms. The Kier molecular flexibility index (Phi) is 13.8. The Balaban J connectivity index is 1.07. The predicted molar refractivity (Wildman–Crippen MR) is 294 cm³/mol. The zero-order valence-electron chi connectivity index (χ0n) is 43.1. The Hall–Kier alpha value is -7.13. The lowest BCUT2D eigenvalue weighted by molar-refractivity contribution is 0.106. The number of fused-ring (bicyclic) bond motifs is 2. The minimum absolute atomic E-state index is 0.347. The number of anilines is 2. The molecule has 10 rings (SSSR count). The lowest BCUT2D eigenvalue weighted by Gasteiger charge is -2.38. The number of imidazole rings is 2. The minimum Gasteiger partial charge on any atom is -0.399 e. The van der Waals surface area contributed by atoms with Crippen molar-refractivity contribution < 1.29 is 0 Å². The van der Waals surface area contributed by atoms with Crippen molar-refractivity contribution in [3.63, 3.8) is 0 Å². The molecule has 2 bridgehead atoms. The molecule has 72 heavy (non-hydrogen) atoms. The third-order valence-electron chi connectivity index (χ3n) is 15.2. The quantitative estimate of drug-likeness (QED) is 0.0544. The van der Waals surface area contributed by atoms with Crippen molar-refractivity contribution in [1.29, 1.82) is 0 Å². The van der Waals surface area contributed by atoms with Crippen molar-refractivity contribution in [2.24, 2.45) is 17.6 Å². The highest BCUT2D eigenvalue weighted by molar-refractivity contribution is 5.89. The number of allylic oxidation sites excluding steroid dienone is 2. The molecule has 1 saturated heterocycles. The number of aryl methyl sites for hydroxylation is 8. The van der Waals surface area contributed by atoms with Crippen molar-refractivity contribution >= 4 is 56.8 Å². The summed E-state index contributed by atoms with van der Waals surface area (Å²) < 4.78 is 10.6. The first kappa shape index (κ1) is 48.5. The fourth-order valence-electron chi connectivity index (χ4n) is 11.7. The van der Waals surface area contributed by atoms with Crippen LogP contribution in [0.4, 0.5) is 11.9 Å². The van der Waals surface area contributed by atoms with Crippen molar-refractivity contribution in [3.8, 4) is 0 Å². The van der Waals surface area contributed by atoms with E-state index < -0.39 is 0 Å². The summed E-state index contributed by atoms with van der Waals surface area (Å²) in [5.74, 6) is 2.96. The van der Waals surface area contributed by atoms with Crippen LogP contribution in [0.2, 0.25) is 0 Å². The highest BCUT2D eigenvalue weighted by Gasteiger charge is 2.36. The zero-order valence-corrected chi connectivity index (χ0v) is 43.1. The van der Waals surface area contributed by atoms with Crippen LogP contribution < -0.4 is 21.7 Å². The summed E-state index contributed by atoms with van der Waals surface area (Å²) in [6.45, 7) is 34.7. The SMILES string of the molecule is C=C(N)c1cc2c3c(c1)nc(NC(=C)c1cc(C)nn1CC)n3C/C=C/Cn1c(NC(=C)c3cc(C)nn3CC)nc3cc(C(=C)NCCCn4cc(C)cn4)cc(c31)CCC(N1CC3CCC(C3)C1)CC2. The van der Waals surface area contributed by atoms with Gasteiger partial charge in [0.2, 0.25) is 11.9 Å². The van der Waals surface area contributed by atoms with Crippen molar-refractivity contribution in [3.05, 3.63) is 138 Å². The number of hydrogen-bond acceptors (Lipinski definition) is 10. The van der Waals surface area contributed by atoms with Crippen LogP contribution >= 0.6 is 0 Å². The fraction of sp³-hybridized carbons (Fsp3) is 0.421. The molecule has 2 aromatic carbocycles. The van der Waals surface area contributed by atoms with Gasteiger partial charge < -0.3 is 30.8 Å². The van der Waals surface area contributed by atoms with E-state index in [1.807, 2.05) is 34.1 Å². The van der Waals surface area contributed by atoms with Gasteiger partial charge in [-0.3, -0.25) is 18.9 Å². The smallest absolute Gasteiger partial charge is 0.208 e. The number of aromatic nitrogens is 10. The molecule has 3 unspecified atom stereocenters. The van der Waals surface area contributed by atoms with Crippen LogP contribution in [0, 0.1) is 32.6 Å². The van der Waals surface area contributed by atoms with E-state index >= 15 is 0 Å². The van der Waals surface area contributed by atoms with E-state index in [0.29, 0.717) is 30.8 Å². The molecule has 3 atom stereocenters. The molecule has 0 amide bonds. The Bertz CT molecular complexity index is 3210. The molecule has 15 heteroatoms. The number of rotatable bonds is 16. The topological polar surface area (TPSA) is 154 Å². The van der Waals surface area contributed by atoms with Gasteiger partial charge in [0, 0.05) is 76.0 Å². The number of nitrogens with two attached hydrogens (primary N) is 1. The first-order valence-electron chi connectivity index (χ1n) is 26.2. The highest BCUT2D eigenvalue weighted by Crippen LogP contribution is 2.39. The Morgan fingerprint density at radius 1 is 0.694 bits per heavy atom. The van der Waals surface area contributed by atoms with Gasteiger partial charge in [0.25, 0.3) is 0 Å². The van der Waals surface area contributed by atoms with Gasteiger partial charge >= 0.3 is 0 Å². The summed E-state index contributed by atoms with van der Waals surface area (Å²) in [6.07, 6.45) is 17.2. The summed E-state index contributed by atoms with van der Waals surface area (Å²) >= 11 is 0. The van der Waals surface area contributed by atoms with E-state index in [1.54, 1.807) is 0 Å². The summed E-state index contributed by atoms with van der Waals surface area (Å²) in [6, 6.07) is 13.4. The number of benzene rings is 2. The predicted octanol–water partition coefficient (Wildman–Crippen LogP) is 9.92. The van der Waals surface area contributed by atoms with E-state index in [0.717, 1.165) is 162 Å². The average molecular weight is 968 g/mol. The second-order valence-electron chi connectivity index (χ2n) is 20.5. The van der Waals surface area contributed by atoms with E-state index in [2.05, 4.69) is 137 Å². The molecular formula is C57H73N15. The number of likely N-dealkylation sites (tertiary alicyclic amines) is 1. The number of nitrogens with zero attached hydrogens (tertiary/aromatic N) is 11. The van der Waals surface area contributed by atoms with Crippen molar-refractivity contribution in [1.82, 2.24) is 58.7 Å². The third-order valence-corrected chi connectivity index (χ3v) is 15.2. The lowest BCUT2D eigenvalue weighted by Crippen LogP contribution is -2.44.